The van der Waals surface area contributed by atoms with E-state index >= 15 is 0 Å². The Morgan fingerprint density at radius 3 is 1.19 bits per heavy atom. The normalized spacial score (nSPS) is 13.2. The summed E-state index contributed by atoms with van der Waals surface area (Å²) in [6.07, 6.45) is 63.2. The Morgan fingerprint density at radius 2 is 0.695 bits per heavy atom. The topological polar surface area (TPSA) is 78.9 Å². The van der Waals surface area contributed by atoms with Gasteiger partial charge in [0.15, 0.2) is 6.10 Å². The van der Waals surface area contributed by atoms with Gasteiger partial charge in [-0.15, -0.1) is 0 Å². The molecule has 0 N–H and O–H groups in total. The predicted molar refractivity (Wildman–Crippen MR) is 251 cm³/mol. The molecule has 0 aromatic carbocycles. The lowest BCUT2D eigenvalue weighted by molar-refractivity contribution is -0.167. The van der Waals surface area contributed by atoms with Crippen molar-refractivity contribution in [1.82, 2.24) is 0 Å². The van der Waals surface area contributed by atoms with E-state index in [4.69, 9.17) is 14.2 Å². The second-order valence-electron chi connectivity index (χ2n) is 14.6. The summed E-state index contributed by atoms with van der Waals surface area (Å²) >= 11 is 0. The quantitative estimate of drug-likeness (QED) is 0.0202. The third-order valence-electron chi connectivity index (χ3n) is 9.04. The zero-order chi connectivity index (χ0) is 43.0. The molecule has 0 aliphatic carbocycles. The molecule has 330 valence electrons. The summed E-state index contributed by atoms with van der Waals surface area (Å²) in [5.41, 5.74) is 0. The van der Waals surface area contributed by atoms with Gasteiger partial charge in [-0.3, -0.25) is 14.4 Å². The Balaban J connectivity index is 4.55. The summed E-state index contributed by atoms with van der Waals surface area (Å²) < 4.78 is 16.7. The summed E-state index contributed by atoms with van der Waals surface area (Å²) in [6, 6.07) is 0. The van der Waals surface area contributed by atoms with Crippen LogP contribution in [0.4, 0.5) is 0 Å². The zero-order valence-electron chi connectivity index (χ0n) is 37.5. The lowest BCUT2D eigenvalue weighted by atomic mass is 10.1. The Bertz CT molecular complexity index is 1300. The Labute approximate surface area is 361 Å². The molecule has 1 unspecified atom stereocenters. The number of hydrogen-bond donors (Lipinski definition) is 0. The molecule has 0 bridgehead atoms. The van der Waals surface area contributed by atoms with E-state index in [1.165, 1.54) is 0 Å². The smallest absolute Gasteiger partial charge is 0.306 e. The highest BCUT2D eigenvalue weighted by molar-refractivity contribution is 5.71. The van der Waals surface area contributed by atoms with E-state index in [1.54, 1.807) is 0 Å². The highest BCUT2D eigenvalue weighted by atomic mass is 16.6. The molecule has 1 atom stereocenters. The van der Waals surface area contributed by atoms with Gasteiger partial charge in [0, 0.05) is 19.3 Å². The summed E-state index contributed by atoms with van der Waals surface area (Å²) in [4.78, 5) is 37.8. The van der Waals surface area contributed by atoms with E-state index in [9.17, 15) is 14.4 Å². The number of rotatable bonds is 39. The fourth-order valence-electron chi connectivity index (χ4n) is 5.65. The molecule has 0 rings (SSSR count). The van der Waals surface area contributed by atoms with Gasteiger partial charge in [-0.25, -0.2) is 0 Å². The van der Waals surface area contributed by atoms with Crippen molar-refractivity contribution in [1.29, 1.82) is 0 Å². The molecule has 0 amide bonds. The first-order valence-electron chi connectivity index (χ1n) is 23.1. The number of carbonyl (C=O) groups excluding carboxylic acids is 3. The van der Waals surface area contributed by atoms with Crippen molar-refractivity contribution < 1.29 is 28.6 Å². The third kappa shape index (κ3) is 44.8. The number of carbonyl (C=O) groups is 3. The van der Waals surface area contributed by atoms with Gasteiger partial charge in [0.25, 0.3) is 0 Å². The number of ether oxygens (including phenoxy) is 3. The average molecular weight is 815 g/mol. The molecule has 0 spiro atoms. The van der Waals surface area contributed by atoms with Crippen LogP contribution in [0.3, 0.4) is 0 Å². The molecule has 0 aromatic heterocycles. The summed E-state index contributed by atoms with van der Waals surface area (Å²) in [7, 11) is 0. The number of hydrogen-bond acceptors (Lipinski definition) is 6. The molecule has 0 aliphatic rings. The first kappa shape index (κ1) is 54.8. The van der Waals surface area contributed by atoms with Gasteiger partial charge < -0.3 is 14.2 Å². The third-order valence-corrected chi connectivity index (χ3v) is 9.04. The van der Waals surface area contributed by atoms with Crippen LogP contribution in [0.15, 0.2) is 122 Å². The maximum absolute atomic E-state index is 12.7. The average Bonchev–Trinajstić information content (AvgIpc) is 3.23. The monoisotopic (exact) mass is 815 g/mol. The van der Waals surface area contributed by atoms with Crippen molar-refractivity contribution in [2.75, 3.05) is 13.2 Å². The summed E-state index contributed by atoms with van der Waals surface area (Å²) in [5, 5.41) is 0. The minimum absolute atomic E-state index is 0.116. The van der Waals surface area contributed by atoms with Crippen molar-refractivity contribution >= 4 is 17.9 Å². The van der Waals surface area contributed by atoms with Crippen molar-refractivity contribution in [3.8, 4) is 0 Å². The van der Waals surface area contributed by atoms with Gasteiger partial charge >= 0.3 is 17.9 Å². The van der Waals surface area contributed by atoms with Gasteiger partial charge in [-0.1, -0.05) is 174 Å². The van der Waals surface area contributed by atoms with Crippen LogP contribution < -0.4 is 0 Å². The molecule has 0 saturated heterocycles. The van der Waals surface area contributed by atoms with Crippen LogP contribution in [-0.4, -0.2) is 37.2 Å². The summed E-state index contributed by atoms with van der Waals surface area (Å²) in [6.45, 7) is 6.16. The molecule has 0 radical (unpaired) electrons. The lowest BCUT2D eigenvalue weighted by Gasteiger charge is -2.18. The molecule has 0 aromatic rings. The molecule has 0 fully saturated rings. The number of esters is 3. The molecule has 59 heavy (non-hydrogen) atoms. The van der Waals surface area contributed by atoms with E-state index in [2.05, 4.69) is 118 Å². The van der Waals surface area contributed by atoms with Gasteiger partial charge in [0.2, 0.25) is 0 Å². The van der Waals surface area contributed by atoms with Crippen molar-refractivity contribution in [3.05, 3.63) is 122 Å². The van der Waals surface area contributed by atoms with Crippen LogP contribution in [0.25, 0.3) is 0 Å². The fourth-order valence-corrected chi connectivity index (χ4v) is 5.65. The molecule has 0 aliphatic heterocycles. The molecule has 0 heterocycles. The van der Waals surface area contributed by atoms with E-state index < -0.39 is 6.10 Å². The standard InChI is InChI=1S/C53H82O6/c1-4-7-10-13-16-19-22-25-27-29-31-34-37-40-43-46-52(55)58-49-50(48-57-51(54)45-42-39-36-33-30-24-21-18-15-12-9-6-3)59-53(56)47-44-41-38-35-32-28-26-23-20-17-14-11-8-5-2/h7-13,16-22,25-28,30,33,50H,4-6,14-15,23-24,29,31-32,34-49H2,1-3H3/b10-7-,11-8-,12-9-,16-13-,20-17-,21-18-,22-19-,27-25-,28-26-,33-30-. The number of allylic oxidation sites excluding steroid dienone is 20. The van der Waals surface area contributed by atoms with Gasteiger partial charge in [0.05, 0.1) is 0 Å². The minimum Gasteiger partial charge on any atom is -0.462 e. The van der Waals surface area contributed by atoms with Crippen molar-refractivity contribution in [2.45, 2.75) is 181 Å². The largest absolute Gasteiger partial charge is 0.462 e. The highest BCUT2D eigenvalue weighted by Gasteiger charge is 2.19. The van der Waals surface area contributed by atoms with E-state index in [0.717, 1.165) is 128 Å². The van der Waals surface area contributed by atoms with E-state index in [1.807, 2.05) is 24.3 Å². The molecular formula is C53H82O6. The first-order valence-corrected chi connectivity index (χ1v) is 23.1. The van der Waals surface area contributed by atoms with Crippen LogP contribution in [-0.2, 0) is 28.6 Å². The number of unbranched alkanes of at least 4 members (excludes halogenated alkanes) is 11. The van der Waals surface area contributed by atoms with Crippen LogP contribution >= 0.6 is 0 Å². The van der Waals surface area contributed by atoms with E-state index in [0.29, 0.717) is 19.3 Å². The first-order chi connectivity index (χ1) is 29.0. The molecule has 6 heteroatoms. The maximum atomic E-state index is 12.7. The van der Waals surface area contributed by atoms with Gasteiger partial charge in [-0.05, 0) is 103 Å². The van der Waals surface area contributed by atoms with E-state index in [-0.39, 0.29) is 37.5 Å². The van der Waals surface area contributed by atoms with Crippen molar-refractivity contribution in [2.24, 2.45) is 0 Å². The highest BCUT2D eigenvalue weighted by Crippen LogP contribution is 2.12. The van der Waals surface area contributed by atoms with Crippen LogP contribution in [0.5, 0.6) is 0 Å². The van der Waals surface area contributed by atoms with Crippen LogP contribution in [0.1, 0.15) is 175 Å². The Kier molecular flexibility index (Phi) is 43.2. The van der Waals surface area contributed by atoms with Crippen LogP contribution in [0, 0.1) is 0 Å². The molecule has 0 saturated carbocycles. The summed E-state index contributed by atoms with van der Waals surface area (Å²) in [5.74, 6) is -1.01. The molecular weight excluding hydrogens is 733 g/mol. The second kappa shape index (κ2) is 46.5. The van der Waals surface area contributed by atoms with Crippen LogP contribution in [0.2, 0.25) is 0 Å². The second-order valence-corrected chi connectivity index (χ2v) is 14.6. The Hall–Kier alpha value is -4.19. The van der Waals surface area contributed by atoms with Gasteiger partial charge in [-0.2, -0.15) is 0 Å². The SMILES string of the molecule is CC\C=C/C=C\C=C/C=C\CCCCCCCC(=O)OCC(COC(=O)CCCC/C=C\C/C=C\C/C=C\CC)OC(=O)CCCCCC/C=C\C/C=C\C/C=C\CC. The maximum Gasteiger partial charge on any atom is 0.306 e. The molecule has 6 nitrogen and oxygen atoms in total. The lowest BCUT2D eigenvalue weighted by Crippen LogP contribution is -2.30. The fraction of sp³-hybridized carbons (Fsp3) is 0.566. The predicted octanol–water partition coefficient (Wildman–Crippen LogP) is 15.0. The zero-order valence-corrected chi connectivity index (χ0v) is 37.5. The van der Waals surface area contributed by atoms with Crippen molar-refractivity contribution in [3.63, 3.8) is 0 Å². The Morgan fingerprint density at radius 1 is 0.356 bits per heavy atom. The minimum atomic E-state index is -0.817. The van der Waals surface area contributed by atoms with Gasteiger partial charge in [0.1, 0.15) is 13.2 Å².